The van der Waals surface area contributed by atoms with Crippen molar-refractivity contribution in [2.45, 2.75) is 67.2 Å². The van der Waals surface area contributed by atoms with Gasteiger partial charge in [-0.2, -0.15) is 0 Å². The molecule has 0 saturated carbocycles. The average molecular weight is 868 g/mol. The molecule has 1 radical (unpaired) electrons. The molecule has 265 valence electrons. The first kappa shape index (κ1) is 32.9. The fourth-order valence-corrected chi connectivity index (χ4v) is 6.73. The van der Waals surface area contributed by atoms with E-state index in [0.717, 1.165) is 67.4 Å². The maximum absolute atomic E-state index is 13.8. The van der Waals surface area contributed by atoms with Crippen molar-refractivity contribution in [3.8, 4) is 28.3 Å². The summed E-state index contributed by atoms with van der Waals surface area (Å²) in [5.41, 5.74) is 11.7. The Bertz CT molecular complexity index is 2640. The van der Waals surface area contributed by atoms with Gasteiger partial charge in [0.1, 0.15) is 5.58 Å². The molecule has 7 heteroatoms. The SMILES string of the molecule is Cc1cc2nc(-c3[c-]ccc4c3oc3ccccc34)n(-c3c(C(C)C)cccc3C(C)C)c2c(C)n1.[2H]C([2H])([2H])c1c[c-]c(-c2ccc(C)cn2)c(F)c1.[Ir]. The largest absolute Gasteiger partial charge is 0.501 e. The number of imidazole rings is 1. The third kappa shape index (κ3) is 6.83. The summed E-state index contributed by atoms with van der Waals surface area (Å²) in [6.45, 7) is 12.7. The molecule has 0 aliphatic heterocycles. The normalized spacial score (nSPS) is 12.5. The molecule has 0 atom stereocenters. The van der Waals surface area contributed by atoms with Crippen LogP contribution in [0.25, 0.3) is 61.3 Å². The zero-order valence-electron chi connectivity index (χ0n) is 33.2. The van der Waals surface area contributed by atoms with Gasteiger partial charge in [-0.3, -0.25) is 14.4 Å². The molecule has 8 rings (SSSR count). The number of nitrogens with zero attached hydrogens (tertiary/aromatic N) is 4. The Labute approximate surface area is 322 Å². The number of aromatic nitrogens is 4. The van der Waals surface area contributed by atoms with Gasteiger partial charge in [0.2, 0.25) is 0 Å². The summed E-state index contributed by atoms with van der Waals surface area (Å²) in [5, 5.41) is 2.18. The number of fused-ring (bicyclic) bond motifs is 4. The van der Waals surface area contributed by atoms with E-state index in [-0.39, 0.29) is 31.2 Å². The molecule has 0 unspecified atom stereocenters. The van der Waals surface area contributed by atoms with E-state index in [9.17, 15) is 4.39 Å². The fourth-order valence-electron chi connectivity index (χ4n) is 6.73. The Hall–Kier alpha value is -4.97. The van der Waals surface area contributed by atoms with Crippen molar-refractivity contribution < 1.29 is 33.0 Å². The van der Waals surface area contributed by atoms with Crippen LogP contribution in [0.15, 0.2) is 95.5 Å². The van der Waals surface area contributed by atoms with Crippen molar-refractivity contribution in [1.82, 2.24) is 19.5 Å². The van der Waals surface area contributed by atoms with Gasteiger partial charge in [0.05, 0.1) is 28.1 Å². The molecule has 0 amide bonds. The first-order chi connectivity index (χ1) is 25.7. The van der Waals surface area contributed by atoms with Crippen molar-refractivity contribution in [1.29, 1.82) is 0 Å². The number of halogens is 1. The van der Waals surface area contributed by atoms with E-state index in [1.165, 1.54) is 22.9 Å². The number of para-hydroxylation sites is 2. The van der Waals surface area contributed by atoms with Crippen molar-refractivity contribution in [3.63, 3.8) is 0 Å². The maximum atomic E-state index is 13.8. The van der Waals surface area contributed by atoms with Crippen LogP contribution in [0.1, 0.15) is 77.3 Å². The first-order valence-corrected chi connectivity index (χ1v) is 17.2. The molecule has 5 nitrogen and oxygen atoms in total. The number of furan rings is 1. The molecule has 0 bridgehead atoms. The number of pyridine rings is 2. The molecule has 4 heterocycles. The predicted octanol–water partition coefficient (Wildman–Crippen LogP) is 12.0. The van der Waals surface area contributed by atoms with Crippen LogP contribution >= 0.6 is 0 Å². The molecule has 0 spiro atoms. The number of aryl methyl sites for hydroxylation is 4. The van der Waals surface area contributed by atoms with Gasteiger partial charge in [-0.25, -0.2) is 0 Å². The van der Waals surface area contributed by atoms with Gasteiger partial charge in [-0.05, 0) is 67.1 Å². The second-order valence-corrected chi connectivity index (χ2v) is 13.6. The van der Waals surface area contributed by atoms with Crippen molar-refractivity contribution in [2.75, 3.05) is 0 Å². The minimum Gasteiger partial charge on any atom is -0.501 e. The van der Waals surface area contributed by atoms with Crippen LogP contribution in [0.3, 0.4) is 0 Å². The van der Waals surface area contributed by atoms with E-state index in [0.29, 0.717) is 17.5 Å². The summed E-state index contributed by atoms with van der Waals surface area (Å²) in [7, 11) is 0. The summed E-state index contributed by atoms with van der Waals surface area (Å²) < 4.78 is 44.2. The Kier molecular flexibility index (Phi) is 9.46. The number of hydrogen-bond donors (Lipinski definition) is 0. The van der Waals surface area contributed by atoms with Crippen LogP contribution in [-0.4, -0.2) is 19.5 Å². The molecule has 52 heavy (non-hydrogen) atoms. The van der Waals surface area contributed by atoms with E-state index < -0.39 is 12.7 Å². The molecule has 0 N–H and O–H groups in total. The van der Waals surface area contributed by atoms with Crippen molar-refractivity contribution in [3.05, 3.63) is 143 Å². The monoisotopic (exact) mass is 868 g/mol. The van der Waals surface area contributed by atoms with Gasteiger partial charge in [0.15, 0.2) is 0 Å². The third-order valence-electron chi connectivity index (χ3n) is 9.13. The van der Waals surface area contributed by atoms with Crippen LogP contribution < -0.4 is 0 Å². The minimum absolute atomic E-state index is 0. The van der Waals surface area contributed by atoms with Gasteiger partial charge >= 0.3 is 0 Å². The van der Waals surface area contributed by atoms with Gasteiger partial charge < -0.3 is 14.0 Å². The van der Waals surface area contributed by atoms with Gasteiger partial charge in [-0.1, -0.05) is 99.6 Å². The number of benzene rings is 4. The Morgan fingerprint density at radius 2 is 1.56 bits per heavy atom. The van der Waals surface area contributed by atoms with E-state index in [4.69, 9.17) is 18.5 Å². The Balaban J connectivity index is 0.000000229. The standard InChI is InChI=1S/C32H30N3O.C13H11FN.Ir/c1-18(2)22-12-9-13-23(19(3)4)30(22)35-29-21(6)33-20(5)17-27(29)34-32(35)26-15-10-14-25-24-11-7-8-16-28(24)36-31(25)26;1-9-3-5-11(12(14)7-9)13-6-4-10(2)8-15-13;/h7-14,16-19H,1-6H3;3-4,6-8H,1-2H3;/q2*-1;/i;1D3;. The van der Waals surface area contributed by atoms with Crippen LogP contribution in [-0.2, 0) is 20.1 Å². The summed E-state index contributed by atoms with van der Waals surface area (Å²) >= 11 is 0. The van der Waals surface area contributed by atoms with Crippen LogP contribution in [0.4, 0.5) is 4.39 Å². The first-order valence-electron chi connectivity index (χ1n) is 18.7. The fraction of sp³-hybridized carbons (Fsp3) is 0.222. The second-order valence-electron chi connectivity index (χ2n) is 13.6. The molecule has 4 aromatic carbocycles. The Morgan fingerprint density at radius 3 is 2.23 bits per heavy atom. The van der Waals surface area contributed by atoms with Gasteiger partial charge in [-0.15, -0.1) is 42.0 Å². The van der Waals surface area contributed by atoms with Gasteiger partial charge in [0.25, 0.3) is 0 Å². The van der Waals surface area contributed by atoms with E-state index in [1.54, 1.807) is 12.3 Å². The van der Waals surface area contributed by atoms with E-state index >= 15 is 0 Å². The molecule has 0 saturated heterocycles. The maximum Gasteiger partial charge on any atom is 0.120 e. The summed E-state index contributed by atoms with van der Waals surface area (Å²) in [6.07, 6.45) is 1.63. The third-order valence-corrected chi connectivity index (χ3v) is 9.13. The zero-order valence-corrected chi connectivity index (χ0v) is 32.6. The quantitative estimate of drug-likeness (QED) is 0.162. The summed E-state index contributed by atoms with van der Waals surface area (Å²) in [4.78, 5) is 14.2. The molecular weight excluding hydrogens is 824 g/mol. The molecule has 0 aliphatic carbocycles. The number of rotatable bonds is 5. The second kappa shape index (κ2) is 14.9. The molecular formula is C45H41FIrN4O-2. The zero-order chi connectivity index (χ0) is 38.5. The van der Waals surface area contributed by atoms with Crippen molar-refractivity contribution >= 4 is 33.0 Å². The van der Waals surface area contributed by atoms with Crippen molar-refractivity contribution in [2.24, 2.45) is 0 Å². The van der Waals surface area contributed by atoms with Crippen LogP contribution in [0.2, 0.25) is 0 Å². The molecule has 4 aromatic heterocycles. The molecule has 8 aromatic rings. The molecule has 0 fully saturated rings. The van der Waals surface area contributed by atoms with E-state index in [2.05, 4.69) is 98.8 Å². The van der Waals surface area contributed by atoms with E-state index in [1.807, 2.05) is 38.1 Å². The minimum atomic E-state index is -2.32. The average Bonchev–Trinajstić information content (AvgIpc) is 3.70. The topological polar surface area (TPSA) is 56.7 Å². The van der Waals surface area contributed by atoms with Crippen LogP contribution in [0.5, 0.6) is 0 Å². The number of hydrogen-bond acceptors (Lipinski definition) is 4. The molecule has 0 aliphatic rings. The predicted molar refractivity (Wildman–Crippen MR) is 206 cm³/mol. The summed E-state index contributed by atoms with van der Waals surface area (Å²) in [6, 6.07) is 32.9. The van der Waals surface area contributed by atoms with Gasteiger partial charge in [0, 0.05) is 53.0 Å². The Morgan fingerprint density at radius 1 is 0.808 bits per heavy atom. The summed E-state index contributed by atoms with van der Waals surface area (Å²) in [5.74, 6) is 0.891. The smallest absolute Gasteiger partial charge is 0.120 e. The van der Waals surface area contributed by atoms with Crippen LogP contribution in [0, 0.1) is 45.6 Å².